The van der Waals surface area contributed by atoms with Crippen molar-refractivity contribution < 1.29 is 0 Å². The minimum atomic E-state index is 0.509. The number of imidazole rings is 1. The number of hydrogen-bond donors (Lipinski definition) is 1. The number of hydrogen-bond acceptors (Lipinski definition) is 2. The SMILES string of the molecule is CN(C)CCc1ncc(CCl)[nH]1. The molecule has 0 atom stereocenters. The molecule has 1 N–H and O–H groups in total. The topological polar surface area (TPSA) is 31.9 Å². The van der Waals surface area contributed by atoms with Crippen LogP contribution in [-0.2, 0) is 12.3 Å². The molecule has 0 radical (unpaired) electrons. The summed E-state index contributed by atoms with van der Waals surface area (Å²) in [5.41, 5.74) is 0.991. The summed E-state index contributed by atoms with van der Waals surface area (Å²) in [4.78, 5) is 9.47. The van der Waals surface area contributed by atoms with Crippen molar-refractivity contribution >= 4 is 11.6 Å². The minimum Gasteiger partial charge on any atom is -0.345 e. The highest BCUT2D eigenvalue weighted by atomic mass is 35.5. The number of aromatic amines is 1. The Morgan fingerprint density at radius 1 is 1.58 bits per heavy atom. The second-order valence-corrected chi connectivity index (χ2v) is 3.31. The van der Waals surface area contributed by atoms with Gasteiger partial charge in [0, 0.05) is 24.9 Å². The minimum absolute atomic E-state index is 0.509. The lowest BCUT2D eigenvalue weighted by molar-refractivity contribution is 0.410. The van der Waals surface area contributed by atoms with E-state index in [2.05, 4.69) is 14.9 Å². The smallest absolute Gasteiger partial charge is 0.107 e. The Bertz CT molecular complexity index is 232. The van der Waals surface area contributed by atoms with Gasteiger partial charge >= 0.3 is 0 Å². The number of likely N-dealkylation sites (N-methyl/N-ethyl adjacent to an activating group) is 1. The summed E-state index contributed by atoms with van der Waals surface area (Å²) in [7, 11) is 4.09. The molecule has 1 rings (SSSR count). The first kappa shape index (κ1) is 9.55. The molecule has 0 aromatic carbocycles. The highest BCUT2D eigenvalue weighted by Gasteiger charge is 1.99. The molecule has 4 heteroatoms. The van der Waals surface area contributed by atoms with E-state index in [-0.39, 0.29) is 0 Å². The van der Waals surface area contributed by atoms with Crippen molar-refractivity contribution in [2.24, 2.45) is 0 Å². The quantitative estimate of drug-likeness (QED) is 0.720. The molecule has 1 heterocycles. The monoisotopic (exact) mass is 187 g/mol. The fourth-order valence-electron chi connectivity index (χ4n) is 0.930. The van der Waals surface area contributed by atoms with Gasteiger partial charge in [-0.3, -0.25) is 0 Å². The number of H-pyrrole nitrogens is 1. The lowest BCUT2D eigenvalue weighted by Gasteiger charge is -2.06. The molecule has 0 bridgehead atoms. The van der Waals surface area contributed by atoms with Gasteiger partial charge < -0.3 is 9.88 Å². The van der Waals surface area contributed by atoms with Gasteiger partial charge in [0.2, 0.25) is 0 Å². The van der Waals surface area contributed by atoms with Crippen LogP contribution in [0.1, 0.15) is 11.5 Å². The van der Waals surface area contributed by atoms with Crippen molar-refractivity contribution in [3.8, 4) is 0 Å². The van der Waals surface area contributed by atoms with Crippen molar-refractivity contribution in [3.63, 3.8) is 0 Å². The zero-order chi connectivity index (χ0) is 8.97. The van der Waals surface area contributed by atoms with Gasteiger partial charge in [-0.1, -0.05) is 0 Å². The Kier molecular flexibility index (Phi) is 3.56. The Labute approximate surface area is 77.7 Å². The van der Waals surface area contributed by atoms with Crippen molar-refractivity contribution in [3.05, 3.63) is 17.7 Å². The third-order valence-electron chi connectivity index (χ3n) is 1.62. The first-order chi connectivity index (χ1) is 5.72. The zero-order valence-corrected chi connectivity index (χ0v) is 8.23. The van der Waals surface area contributed by atoms with Crippen LogP contribution >= 0.6 is 11.6 Å². The Balaban J connectivity index is 2.41. The maximum absolute atomic E-state index is 5.62. The van der Waals surface area contributed by atoms with Gasteiger partial charge in [-0.2, -0.15) is 0 Å². The molecule has 1 aromatic rings. The van der Waals surface area contributed by atoms with Crippen LogP contribution < -0.4 is 0 Å². The van der Waals surface area contributed by atoms with Gasteiger partial charge in [-0.15, -0.1) is 11.6 Å². The summed E-state index contributed by atoms with van der Waals surface area (Å²) in [5, 5.41) is 0. The fourth-order valence-corrected chi connectivity index (χ4v) is 1.07. The molecule has 0 aliphatic heterocycles. The van der Waals surface area contributed by atoms with Crippen LogP contribution in [0.4, 0.5) is 0 Å². The van der Waals surface area contributed by atoms with E-state index < -0.39 is 0 Å². The predicted octanol–water partition coefficient (Wildman–Crippen LogP) is 1.25. The third-order valence-corrected chi connectivity index (χ3v) is 1.91. The number of halogens is 1. The molecule has 12 heavy (non-hydrogen) atoms. The normalized spacial score (nSPS) is 11.0. The first-order valence-corrected chi connectivity index (χ1v) is 4.49. The van der Waals surface area contributed by atoms with Gasteiger partial charge in [0.15, 0.2) is 0 Å². The van der Waals surface area contributed by atoms with Crippen molar-refractivity contribution in [2.45, 2.75) is 12.3 Å². The van der Waals surface area contributed by atoms with Crippen LogP contribution in [0.25, 0.3) is 0 Å². The van der Waals surface area contributed by atoms with E-state index in [0.717, 1.165) is 24.5 Å². The standard InChI is InChI=1S/C8H14ClN3/c1-12(2)4-3-8-10-6-7(5-9)11-8/h6H,3-5H2,1-2H3,(H,10,11). The number of rotatable bonds is 4. The molecular formula is C8H14ClN3. The van der Waals surface area contributed by atoms with Crippen LogP contribution in [0.2, 0.25) is 0 Å². The van der Waals surface area contributed by atoms with Gasteiger partial charge in [-0.05, 0) is 14.1 Å². The molecule has 0 amide bonds. The van der Waals surface area contributed by atoms with Gasteiger partial charge in [0.1, 0.15) is 5.82 Å². The Morgan fingerprint density at radius 2 is 2.33 bits per heavy atom. The van der Waals surface area contributed by atoms with Crippen molar-refractivity contribution in [1.82, 2.24) is 14.9 Å². The second kappa shape index (κ2) is 4.48. The zero-order valence-electron chi connectivity index (χ0n) is 7.47. The molecule has 0 unspecified atom stereocenters. The fraction of sp³-hybridized carbons (Fsp3) is 0.625. The van der Waals surface area contributed by atoms with Crippen LogP contribution in [0, 0.1) is 0 Å². The highest BCUT2D eigenvalue weighted by molar-refractivity contribution is 6.16. The molecule has 0 saturated heterocycles. The number of nitrogens with one attached hydrogen (secondary N) is 1. The number of aromatic nitrogens is 2. The van der Waals surface area contributed by atoms with Crippen LogP contribution in [0.15, 0.2) is 6.20 Å². The van der Waals surface area contributed by atoms with Crippen LogP contribution in [-0.4, -0.2) is 35.5 Å². The molecule has 68 valence electrons. The summed E-state index contributed by atoms with van der Waals surface area (Å²) in [6.07, 6.45) is 2.74. The number of nitrogens with zero attached hydrogens (tertiary/aromatic N) is 2. The van der Waals surface area contributed by atoms with E-state index >= 15 is 0 Å². The molecule has 1 aromatic heterocycles. The average molecular weight is 188 g/mol. The maximum atomic E-state index is 5.62. The molecule has 0 aliphatic rings. The first-order valence-electron chi connectivity index (χ1n) is 3.96. The van der Waals surface area contributed by atoms with E-state index in [1.54, 1.807) is 6.20 Å². The third kappa shape index (κ3) is 2.83. The van der Waals surface area contributed by atoms with Crippen molar-refractivity contribution in [1.29, 1.82) is 0 Å². The second-order valence-electron chi connectivity index (χ2n) is 3.04. The van der Waals surface area contributed by atoms with Gasteiger partial charge in [-0.25, -0.2) is 4.98 Å². The maximum Gasteiger partial charge on any atom is 0.107 e. The van der Waals surface area contributed by atoms with Gasteiger partial charge in [0.25, 0.3) is 0 Å². The van der Waals surface area contributed by atoms with E-state index in [4.69, 9.17) is 11.6 Å². The van der Waals surface area contributed by atoms with Gasteiger partial charge in [0.05, 0.1) is 5.88 Å². The summed E-state index contributed by atoms with van der Waals surface area (Å²) in [5.74, 6) is 1.52. The summed E-state index contributed by atoms with van der Waals surface area (Å²) >= 11 is 5.62. The molecule has 0 aliphatic carbocycles. The molecule has 3 nitrogen and oxygen atoms in total. The predicted molar refractivity (Wildman–Crippen MR) is 50.4 cm³/mol. The number of alkyl halides is 1. The van der Waals surface area contributed by atoms with E-state index in [9.17, 15) is 0 Å². The average Bonchev–Trinajstić information content (AvgIpc) is 2.48. The van der Waals surface area contributed by atoms with E-state index in [1.807, 2.05) is 14.1 Å². The molecule has 0 saturated carbocycles. The lowest BCUT2D eigenvalue weighted by Crippen LogP contribution is -2.15. The summed E-state index contributed by atoms with van der Waals surface area (Å²) in [6.45, 7) is 1.01. The Morgan fingerprint density at radius 3 is 2.83 bits per heavy atom. The molecular weight excluding hydrogens is 174 g/mol. The summed E-state index contributed by atoms with van der Waals surface area (Å²) in [6, 6.07) is 0. The van der Waals surface area contributed by atoms with E-state index in [1.165, 1.54) is 0 Å². The molecule has 0 fully saturated rings. The summed E-state index contributed by atoms with van der Waals surface area (Å²) < 4.78 is 0. The lowest BCUT2D eigenvalue weighted by atomic mass is 10.4. The van der Waals surface area contributed by atoms with Crippen LogP contribution in [0.3, 0.4) is 0 Å². The van der Waals surface area contributed by atoms with Crippen LogP contribution in [0.5, 0.6) is 0 Å². The van der Waals surface area contributed by atoms with E-state index in [0.29, 0.717) is 5.88 Å². The Hall–Kier alpha value is -0.540. The van der Waals surface area contributed by atoms with Crippen molar-refractivity contribution in [2.75, 3.05) is 20.6 Å². The molecule has 0 spiro atoms. The largest absolute Gasteiger partial charge is 0.345 e. The highest BCUT2D eigenvalue weighted by Crippen LogP contribution is 2.01.